The first-order valence-electron chi connectivity index (χ1n) is 13.6. The lowest BCUT2D eigenvalue weighted by Gasteiger charge is -2.71. The number of hydrogen-bond acceptors (Lipinski definition) is 9. The Morgan fingerprint density at radius 1 is 1.08 bits per heavy atom. The molecule has 0 aromatic carbocycles. The number of ether oxygens (including phenoxy) is 4. The van der Waals surface area contributed by atoms with E-state index < -0.39 is 64.5 Å². The highest BCUT2D eigenvalue weighted by molar-refractivity contribution is 5.83. The third-order valence-corrected chi connectivity index (χ3v) is 10.2. The van der Waals surface area contributed by atoms with Gasteiger partial charge in [0.2, 0.25) is 0 Å². The maximum absolute atomic E-state index is 12.9. The number of hydrogen-bond donors (Lipinski definition) is 3. The highest BCUT2D eigenvalue weighted by atomic mass is 16.6. The van der Waals surface area contributed by atoms with Crippen molar-refractivity contribution in [2.24, 2.45) is 16.7 Å². The van der Waals surface area contributed by atoms with Crippen molar-refractivity contribution in [3.63, 3.8) is 0 Å². The average molecular weight is 533 g/mol. The average Bonchev–Trinajstić information content (AvgIpc) is 2.99. The van der Waals surface area contributed by atoms with Gasteiger partial charge in [-0.15, -0.1) is 0 Å². The molecule has 0 unspecified atom stereocenters. The highest BCUT2D eigenvalue weighted by Gasteiger charge is 2.83. The minimum Gasteiger partial charge on any atom is -0.462 e. The molecule has 2 saturated heterocycles. The van der Waals surface area contributed by atoms with Crippen molar-refractivity contribution in [2.45, 2.75) is 102 Å². The van der Waals surface area contributed by atoms with Gasteiger partial charge in [0.05, 0.1) is 30.5 Å². The minimum absolute atomic E-state index is 0.0222. The number of cyclic esters (lactones) is 1. The van der Waals surface area contributed by atoms with Gasteiger partial charge in [0, 0.05) is 35.3 Å². The first kappa shape index (κ1) is 27.5. The van der Waals surface area contributed by atoms with Crippen molar-refractivity contribution < 1.29 is 43.9 Å². The van der Waals surface area contributed by atoms with E-state index >= 15 is 0 Å². The van der Waals surface area contributed by atoms with Crippen LogP contribution in [0.4, 0.5) is 0 Å². The van der Waals surface area contributed by atoms with Crippen molar-refractivity contribution in [2.75, 3.05) is 13.2 Å². The molecule has 0 aromatic heterocycles. The fourth-order valence-electron chi connectivity index (χ4n) is 7.82. The normalized spacial score (nSPS) is 51.0. The van der Waals surface area contributed by atoms with E-state index in [9.17, 15) is 24.9 Å². The van der Waals surface area contributed by atoms with Crippen LogP contribution in [0.1, 0.15) is 59.8 Å². The lowest BCUT2D eigenvalue weighted by Crippen LogP contribution is -2.80. The minimum atomic E-state index is -1.35. The molecule has 3 aliphatic carbocycles. The Labute approximate surface area is 223 Å². The molecule has 3 aliphatic heterocycles. The molecule has 3 saturated carbocycles. The second kappa shape index (κ2) is 9.55. The van der Waals surface area contributed by atoms with Crippen LogP contribution in [0.3, 0.4) is 0 Å². The zero-order valence-electron chi connectivity index (χ0n) is 22.6. The Balaban J connectivity index is 1.52. The molecule has 3 heterocycles. The van der Waals surface area contributed by atoms with E-state index in [0.29, 0.717) is 32.1 Å². The van der Waals surface area contributed by atoms with Crippen LogP contribution in [0.5, 0.6) is 0 Å². The van der Waals surface area contributed by atoms with Gasteiger partial charge >= 0.3 is 11.9 Å². The van der Waals surface area contributed by atoms with Crippen molar-refractivity contribution in [3.05, 3.63) is 36.0 Å². The molecule has 9 nitrogen and oxygen atoms in total. The fraction of sp³-hybridized carbons (Fsp3) is 0.724. The second-order valence-electron chi connectivity index (χ2n) is 12.3. The van der Waals surface area contributed by atoms with Gasteiger partial charge in [-0.2, -0.15) is 0 Å². The zero-order chi connectivity index (χ0) is 27.5. The van der Waals surface area contributed by atoms with Gasteiger partial charge in [-0.25, -0.2) is 9.59 Å². The van der Waals surface area contributed by atoms with E-state index in [1.54, 1.807) is 32.1 Å². The van der Waals surface area contributed by atoms with Crippen LogP contribution in [0, 0.1) is 16.7 Å². The summed E-state index contributed by atoms with van der Waals surface area (Å²) in [7, 11) is 0. The lowest BCUT2D eigenvalue weighted by atomic mass is 9.40. The SMILES string of the molecule is C/C1=C\C(=O)OC[C@@]23CC[C@](C)(O)[C@H]4C[C@@]5(O)[C@@H](C[C@@H](OC(=O)/C=C\C=C\[C@H]([C@@H](C)O)OCC1)[C@]25C)O[C@H]43. The highest BCUT2D eigenvalue weighted by Crippen LogP contribution is 2.74. The topological polar surface area (TPSA) is 132 Å². The van der Waals surface area contributed by atoms with Crippen LogP contribution in [0.15, 0.2) is 36.0 Å². The molecule has 0 radical (unpaired) electrons. The summed E-state index contributed by atoms with van der Waals surface area (Å²) in [6.45, 7) is 7.40. The molecule has 0 amide bonds. The molecule has 10 atom stereocenters. The Hall–Kier alpha value is -2.04. The summed E-state index contributed by atoms with van der Waals surface area (Å²) in [4.78, 5) is 25.8. The molecule has 6 bridgehead atoms. The quantitative estimate of drug-likeness (QED) is 0.435. The van der Waals surface area contributed by atoms with E-state index in [1.165, 1.54) is 12.2 Å². The number of esters is 2. The number of aliphatic hydroxyl groups is 3. The number of carbonyl (C=O) groups is 2. The maximum atomic E-state index is 12.9. The van der Waals surface area contributed by atoms with Crippen molar-refractivity contribution >= 4 is 11.9 Å². The first-order chi connectivity index (χ1) is 17.8. The summed E-state index contributed by atoms with van der Waals surface area (Å²) in [5.41, 5.74) is -3.41. The summed E-state index contributed by atoms with van der Waals surface area (Å²) in [6.07, 6.45) is 6.57. The molecule has 3 N–H and O–H groups in total. The molecule has 6 aliphatic rings. The van der Waals surface area contributed by atoms with Crippen LogP contribution in [0.25, 0.3) is 0 Å². The molecule has 5 fully saturated rings. The second-order valence-corrected chi connectivity index (χ2v) is 12.3. The predicted octanol–water partition coefficient (Wildman–Crippen LogP) is 2.13. The Kier molecular flexibility index (Phi) is 6.92. The van der Waals surface area contributed by atoms with Gasteiger partial charge in [-0.1, -0.05) is 30.7 Å². The number of aliphatic hydroxyl groups excluding tert-OH is 1. The zero-order valence-corrected chi connectivity index (χ0v) is 22.6. The molecule has 1 spiro atoms. The van der Waals surface area contributed by atoms with Gasteiger partial charge < -0.3 is 34.3 Å². The van der Waals surface area contributed by atoms with Gasteiger partial charge in [0.1, 0.15) is 24.4 Å². The van der Waals surface area contributed by atoms with E-state index in [-0.39, 0.29) is 19.1 Å². The molecule has 6 rings (SSSR count). The third-order valence-electron chi connectivity index (χ3n) is 10.2. The number of rotatable bonds is 1. The monoisotopic (exact) mass is 532 g/mol. The summed E-state index contributed by atoms with van der Waals surface area (Å²) < 4.78 is 24.1. The van der Waals surface area contributed by atoms with E-state index in [2.05, 4.69) is 0 Å². The summed E-state index contributed by atoms with van der Waals surface area (Å²) in [6, 6.07) is 0. The standard InChI is InChI=1S/C29H40O9/c1-17-9-12-35-20(18(2)30)7-5-6-8-23(31)37-21-14-22-29(34)15-19-25(38-22)28(27(21,29)4,11-10-26(19,3)33)16-36-24(32)13-17/h5-8,13,18-22,25,30,33-34H,9-12,14-16H2,1-4H3/b7-5+,8-6-,17-13+/t18-,19+,20-,21-,22-,25-,26+,27-,28-,29-/m1/s1. The number of allylic oxidation sites excluding steroid dienone is 2. The first-order valence-corrected chi connectivity index (χ1v) is 13.6. The van der Waals surface area contributed by atoms with Crippen LogP contribution in [0.2, 0.25) is 0 Å². The van der Waals surface area contributed by atoms with Gasteiger partial charge in [0.15, 0.2) is 0 Å². The van der Waals surface area contributed by atoms with Gasteiger partial charge in [-0.3, -0.25) is 0 Å². The molecule has 0 aromatic rings. The van der Waals surface area contributed by atoms with E-state index in [0.717, 1.165) is 5.57 Å². The predicted molar refractivity (Wildman–Crippen MR) is 136 cm³/mol. The van der Waals surface area contributed by atoms with Crippen molar-refractivity contribution in [3.8, 4) is 0 Å². The van der Waals surface area contributed by atoms with Crippen molar-refractivity contribution in [1.82, 2.24) is 0 Å². The van der Waals surface area contributed by atoms with E-state index in [4.69, 9.17) is 18.9 Å². The van der Waals surface area contributed by atoms with E-state index in [1.807, 2.05) is 13.8 Å². The Bertz CT molecular complexity index is 1060. The third kappa shape index (κ3) is 4.09. The molecular formula is C29H40O9. The summed E-state index contributed by atoms with van der Waals surface area (Å²) in [5.74, 6) is -1.41. The van der Waals surface area contributed by atoms with Crippen LogP contribution >= 0.6 is 0 Å². The van der Waals surface area contributed by atoms with Crippen LogP contribution in [-0.4, -0.2) is 82.2 Å². The fourth-order valence-corrected chi connectivity index (χ4v) is 7.82. The Morgan fingerprint density at radius 2 is 1.84 bits per heavy atom. The lowest BCUT2D eigenvalue weighted by molar-refractivity contribution is -0.377. The summed E-state index contributed by atoms with van der Waals surface area (Å²) >= 11 is 0. The molecular weight excluding hydrogens is 492 g/mol. The van der Waals surface area contributed by atoms with Crippen LogP contribution in [-0.2, 0) is 28.5 Å². The molecule has 210 valence electrons. The smallest absolute Gasteiger partial charge is 0.331 e. The molecule has 9 heteroatoms. The maximum Gasteiger partial charge on any atom is 0.331 e. The van der Waals surface area contributed by atoms with Gasteiger partial charge in [-0.05, 0) is 46.5 Å². The van der Waals surface area contributed by atoms with Gasteiger partial charge in [0.25, 0.3) is 0 Å². The molecule has 38 heavy (non-hydrogen) atoms. The Morgan fingerprint density at radius 3 is 2.58 bits per heavy atom. The van der Waals surface area contributed by atoms with Crippen LogP contribution < -0.4 is 0 Å². The van der Waals surface area contributed by atoms with Crippen molar-refractivity contribution in [1.29, 1.82) is 0 Å². The number of carbonyl (C=O) groups excluding carboxylic acids is 2. The largest absolute Gasteiger partial charge is 0.462 e. The summed E-state index contributed by atoms with van der Waals surface area (Å²) in [5, 5.41) is 33.5.